The minimum Gasteiger partial charge on any atom is -0.493 e. The van der Waals surface area contributed by atoms with Crippen molar-refractivity contribution >= 4 is 16.6 Å². The van der Waals surface area contributed by atoms with Gasteiger partial charge >= 0.3 is 0 Å². The average Bonchev–Trinajstić information content (AvgIpc) is 3.44. The second-order valence-electron chi connectivity index (χ2n) is 8.52. The number of aromatic nitrogens is 1. The van der Waals surface area contributed by atoms with Crippen molar-refractivity contribution in [2.45, 2.75) is 44.2 Å². The predicted molar refractivity (Wildman–Crippen MR) is 122 cm³/mol. The Labute approximate surface area is 178 Å². The van der Waals surface area contributed by atoms with E-state index >= 15 is 0 Å². The van der Waals surface area contributed by atoms with Crippen molar-refractivity contribution in [1.82, 2.24) is 10.3 Å². The number of piperazine rings is 1. The fraction of sp³-hybridized carbons (Fsp3) is 0.440. The molecule has 2 N–H and O–H groups in total. The van der Waals surface area contributed by atoms with Gasteiger partial charge in [0, 0.05) is 54.5 Å². The van der Waals surface area contributed by atoms with E-state index in [0.29, 0.717) is 12.1 Å². The summed E-state index contributed by atoms with van der Waals surface area (Å²) in [5.41, 5.74) is 3.81. The third kappa shape index (κ3) is 3.99. The molecule has 2 aromatic carbocycles. The number of ether oxygens (including phenoxy) is 2. The Morgan fingerprint density at radius 3 is 2.80 bits per heavy atom. The highest BCUT2D eigenvalue weighted by Gasteiger charge is 2.23. The van der Waals surface area contributed by atoms with Crippen LogP contribution in [0.2, 0.25) is 0 Å². The molecule has 2 fully saturated rings. The summed E-state index contributed by atoms with van der Waals surface area (Å²) in [6.45, 7) is 2.96. The first-order chi connectivity index (χ1) is 14.8. The lowest BCUT2D eigenvalue weighted by Crippen LogP contribution is -2.51. The molecule has 0 amide bonds. The first-order valence-electron chi connectivity index (χ1n) is 11.2. The number of rotatable bonds is 6. The summed E-state index contributed by atoms with van der Waals surface area (Å²) in [5.74, 6) is 1.71. The molecule has 3 aromatic rings. The summed E-state index contributed by atoms with van der Waals surface area (Å²) in [4.78, 5) is 5.87. The quantitative estimate of drug-likeness (QED) is 0.633. The van der Waals surface area contributed by atoms with Gasteiger partial charge in [-0.05, 0) is 55.9 Å². The lowest BCUT2D eigenvalue weighted by molar-refractivity contribution is 0.201. The van der Waals surface area contributed by atoms with Gasteiger partial charge in [0.05, 0.1) is 13.2 Å². The largest absolute Gasteiger partial charge is 0.493 e. The van der Waals surface area contributed by atoms with Crippen LogP contribution in [0.3, 0.4) is 0 Å². The van der Waals surface area contributed by atoms with Gasteiger partial charge in [-0.15, -0.1) is 0 Å². The van der Waals surface area contributed by atoms with E-state index < -0.39 is 0 Å². The molecule has 1 saturated heterocycles. The molecule has 2 aliphatic rings. The van der Waals surface area contributed by atoms with E-state index in [2.05, 4.69) is 63.9 Å². The highest BCUT2D eigenvalue weighted by Crippen LogP contribution is 2.35. The van der Waals surface area contributed by atoms with Crippen LogP contribution >= 0.6 is 0 Å². The van der Waals surface area contributed by atoms with Crippen molar-refractivity contribution < 1.29 is 9.47 Å². The number of hydrogen-bond acceptors (Lipinski definition) is 4. The molecule has 0 radical (unpaired) electrons. The summed E-state index contributed by atoms with van der Waals surface area (Å²) >= 11 is 0. The molecule has 1 aliphatic heterocycles. The minimum atomic E-state index is 0.326. The molecule has 158 valence electrons. The second kappa shape index (κ2) is 8.60. The van der Waals surface area contributed by atoms with Crippen LogP contribution in [0.5, 0.6) is 11.5 Å². The van der Waals surface area contributed by atoms with Gasteiger partial charge in [-0.25, -0.2) is 0 Å². The van der Waals surface area contributed by atoms with Crippen molar-refractivity contribution in [1.29, 1.82) is 0 Å². The van der Waals surface area contributed by atoms with E-state index in [9.17, 15) is 0 Å². The van der Waals surface area contributed by atoms with Crippen LogP contribution in [0.1, 0.15) is 31.2 Å². The molecule has 5 heteroatoms. The summed E-state index contributed by atoms with van der Waals surface area (Å²) in [5, 5.41) is 5.03. The Balaban J connectivity index is 1.31. The highest BCUT2D eigenvalue weighted by molar-refractivity contribution is 5.83. The normalized spacial score (nSPS) is 20.0. The summed E-state index contributed by atoms with van der Waals surface area (Å²) < 4.78 is 11.9. The third-order valence-corrected chi connectivity index (χ3v) is 6.50. The molecule has 5 rings (SSSR count). The molecule has 1 atom stereocenters. The molecule has 0 unspecified atom stereocenters. The van der Waals surface area contributed by atoms with Gasteiger partial charge in [0.2, 0.25) is 0 Å². The van der Waals surface area contributed by atoms with Gasteiger partial charge in [0.15, 0.2) is 11.5 Å². The van der Waals surface area contributed by atoms with E-state index in [-0.39, 0.29) is 0 Å². The first kappa shape index (κ1) is 19.3. The van der Waals surface area contributed by atoms with E-state index in [1.165, 1.54) is 35.0 Å². The zero-order valence-electron chi connectivity index (χ0n) is 17.7. The molecule has 2 heterocycles. The SMILES string of the molecule is COc1ccc(N2CCN[C@@H](Cc3c[nH]c4ccccc34)C2)cc1OC1CCCC1. The maximum absolute atomic E-state index is 6.32. The van der Waals surface area contributed by atoms with Gasteiger partial charge in [0.25, 0.3) is 0 Å². The van der Waals surface area contributed by atoms with Crippen molar-refractivity contribution in [3.63, 3.8) is 0 Å². The summed E-state index contributed by atoms with van der Waals surface area (Å²) in [6, 6.07) is 15.3. The lowest BCUT2D eigenvalue weighted by Gasteiger charge is -2.35. The number of H-pyrrole nitrogens is 1. The average molecular weight is 406 g/mol. The van der Waals surface area contributed by atoms with Gasteiger partial charge in [0.1, 0.15) is 0 Å². The smallest absolute Gasteiger partial charge is 0.163 e. The number of benzene rings is 2. The molecule has 0 bridgehead atoms. The number of anilines is 1. The number of fused-ring (bicyclic) bond motifs is 1. The van der Waals surface area contributed by atoms with Crippen molar-refractivity contribution in [2.24, 2.45) is 0 Å². The zero-order chi connectivity index (χ0) is 20.3. The molecule has 1 aromatic heterocycles. The summed E-state index contributed by atoms with van der Waals surface area (Å²) in [6.07, 6.45) is 8.32. The third-order valence-electron chi connectivity index (χ3n) is 6.50. The number of nitrogens with one attached hydrogen (secondary N) is 2. The molecule has 0 spiro atoms. The Bertz CT molecular complexity index is 993. The fourth-order valence-corrected chi connectivity index (χ4v) is 4.90. The molecule has 1 aliphatic carbocycles. The van der Waals surface area contributed by atoms with Crippen molar-refractivity contribution in [3.8, 4) is 11.5 Å². The first-order valence-corrected chi connectivity index (χ1v) is 11.2. The van der Waals surface area contributed by atoms with Crippen LogP contribution in [-0.2, 0) is 6.42 Å². The number of hydrogen-bond donors (Lipinski definition) is 2. The Hall–Kier alpha value is -2.66. The Kier molecular flexibility index (Phi) is 5.54. The molecular formula is C25H31N3O2. The Morgan fingerprint density at radius 1 is 1.07 bits per heavy atom. The molecular weight excluding hydrogens is 374 g/mol. The number of nitrogens with zero attached hydrogens (tertiary/aromatic N) is 1. The van der Waals surface area contributed by atoms with Crippen LogP contribution in [-0.4, -0.2) is 43.9 Å². The van der Waals surface area contributed by atoms with E-state index in [4.69, 9.17) is 9.47 Å². The van der Waals surface area contributed by atoms with E-state index in [1.807, 2.05) is 0 Å². The number of aromatic amines is 1. The van der Waals surface area contributed by atoms with Crippen LogP contribution in [0, 0.1) is 0 Å². The van der Waals surface area contributed by atoms with Gasteiger partial charge in [-0.3, -0.25) is 0 Å². The van der Waals surface area contributed by atoms with E-state index in [0.717, 1.165) is 50.4 Å². The standard InChI is InChI=1S/C25H31N3O2/c1-29-24-11-10-20(15-25(24)30-21-6-2-3-7-21)28-13-12-26-19(17-28)14-18-16-27-23-9-5-4-8-22(18)23/h4-5,8-11,15-16,19,21,26-27H,2-3,6-7,12-14,17H2,1H3/t19-/m0/s1. The number of para-hydroxylation sites is 1. The molecule has 30 heavy (non-hydrogen) atoms. The molecule has 1 saturated carbocycles. The second-order valence-corrected chi connectivity index (χ2v) is 8.52. The lowest BCUT2D eigenvalue weighted by atomic mass is 10.0. The fourth-order valence-electron chi connectivity index (χ4n) is 4.90. The monoisotopic (exact) mass is 405 g/mol. The van der Waals surface area contributed by atoms with Crippen molar-refractivity contribution in [2.75, 3.05) is 31.6 Å². The van der Waals surface area contributed by atoms with Crippen molar-refractivity contribution in [3.05, 3.63) is 54.2 Å². The maximum Gasteiger partial charge on any atom is 0.163 e. The van der Waals surface area contributed by atoms with Crippen LogP contribution < -0.4 is 19.7 Å². The van der Waals surface area contributed by atoms with Gasteiger partial charge in [-0.1, -0.05) is 18.2 Å². The maximum atomic E-state index is 6.32. The van der Waals surface area contributed by atoms with Crippen LogP contribution in [0.15, 0.2) is 48.7 Å². The van der Waals surface area contributed by atoms with Gasteiger partial charge in [-0.2, -0.15) is 0 Å². The Morgan fingerprint density at radius 2 is 1.93 bits per heavy atom. The zero-order valence-corrected chi connectivity index (χ0v) is 17.7. The number of methoxy groups -OCH3 is 1. The summed E-state index contributed by atoms with van der Waals surface area (Å²) in [7, 11) is 1.72. The van der Waals surface area contributed by atoms with Crippen LogP contribution in [0.25, 0.3) is 10.9 Å². The predicted octanol–water partition coefficient (Wildman–Crippen LogP) is 4.52. The topological polar surface area (TPSA) is 49.5 Å². The van der Waals surface area contributed by atoms with Gasteiger partial charge < -0.3 is 24.7 Å². The molecule has 5 nitrogen and oxygen atoms in total. The highest BCUT2D eigenvalue weighted by atomic mass is 16.5. The minimum absolute atomic E-state index is 0.326. The van der Waals surface area contributed by atoms with E-state index in [1.54, 1.807) is 7.11 Å². The van der Waals surface area contributed by atoms with Crippen LogP contribution in [0.4, 0.5) is 5.69 Å².